The molecule has 2 aromatic rings. The van der Waals surface area contributed by atoms with Gasteiger partial charge in [0.2, 0.25) is 17.6 Å². The highest BCUT2D eigenvalue weighted by Crippen LogP contribution is 2.43. The molecule has 2 atom stereocenters. The van der Waals surface area contributed by atoms with E-state index in [0.717, 1.165) is 11.1 Å². The minimum Gasteiger partial charge on any atom is -0.493 e. The number of nitrogens with zero attached hydrogens (tertiary/aromatic N) is 1. The lowest BCUT2D eigenvalue weighted by Crippen LogP contribution is -2.37. The van der Waals surface area contributed by atoms with Gasteiger partial charge in [0.15, 0.2) is 11.5 Å². The second kappa shape index (κ2) is 11.1. The van der Waals surface area contributed by atoms with Gasteiger partial charge in [0.05, 0.1) is 33.7 Å². The van der Waals surface area contributed by atoms with Crippen molar-refractivity contribution in [2.75, 3.05) is 41.0 Å². The van der Waals surface area contributed by atoms with Crippen LogP contribution in [0, 0.1) is 11.8 Å². The number of nitrogens with one attached hydrogen (secondary N) is 1. The van der Waals surface area contributed by atoms with Gasteiger partial charge in [-0.05, 0) is 29.2 Å². The fourth-order valence-corrected chi connectivity index (χ4v) is 4.24. The fourth-order valence-electron chi connectivity index (χ4n) is 4.24. The van der Waals surface area contributed by atoms with E-state index in [1.54, 1.807) is 26.2 Å². The van der Waals surface area contributed by atoms with E-state index in [1.807, 2.05) is 42.5 Å². The maximum Gasteiger partial charge on any atom is 0.227 e. The Bertz CT molecular complexity index is 935. The molecular weight excluding hydrogens is 420 g/mol. The normalized spacial score (nSPS) is 17.7. The molecule has 0 unspecified atom stereocenters. The average Bonchev–Trinajstić information content (AvgIpc) is 3.28. The Hall–Kier alpha value is -3.22. The summed E-state index contributed by atoms with van der Waals surface area (Å²) in [6.45, 7) is 5.53. The van der Waals surface area contributed by atoms with E-state index < -0.39 is 0 Å². The van der Waals surface area contributed by atoms with Crippen LogP contribution in [-0.2, 0) is 16.0 Å². The van der Waals surface area contributed by atoms with Gasteiger partial charge >= 0.3 is 0 Å². The molecule has 1 heterocycles. The van der Waals surface area contributed by atoms with E-state index in [1.165, 1.54) is 0 Å². The third-order valence-corrected chi connectivity index (χ3v) is 6.01. The summed E-state index contributed by atoms with van der Waals surface area (Å²) >= 11 is 0. The quantitative estimate of drug-likeness (QED) is 0.629. The Balaban J connectivity index is 1.90. The van der Waals surface area contributed by atoms with Crippen LogP contribution in [0.15, 0.2) is 42.5 Å². The van der Waals surface area contributed by atoms with E-state index in [-0.39, 0.29) is 23.7 Å². The number of amides is 2. The minimum absolute atomic E-state index is 0.0119. The minimum atomic E-state index is -0.369. The summed E-state index contributed by atoms with van der Waals surface area (Å²) < 4.78 is 16.5. The summed E-state index contributed by atoms with van der Waals surface area (Å²) in [4.78, 5) is 28.0. The lowest BCUT2D eigenvalue weighted by molar-refractivity contribution is -0.130. The van der Waals surface area contributed by atoms with Gasteiger partial charge in [-0.15, -0.1) is 0 Å². The molecule has 1 aliphatic rings. The summed E-state index contributed by atoms with van der Waals surface area (Å²) in [6.07, 6.45) is 0.309. The molecule has 1 fully saturated rings. The highest BCUT2D eigenvalue weighted by Gasteiger charge is 2.41. The highest BCUT2D eigenvalue weighted by molar-refractivity contribution is 5.84. The molecule has 1 aliphatic heterocycles. The molecule has 0 aromatic heterocycles. The van der Waals surface area contributed by atoms with Crippen molar-refractivity contribution < 1.29 is 23.8 Å². The van der Waals surface area contributed by atoms with Crippen LogP contribution in [0.3, 0.4) is 0 Å². The molecule has 1 saturated heterocycles. The van der Waals surface area contributed by atoms with Crippen LogP contribution >= 0.6 is 0 Å². The van der Waals surface area contributed by atoms with Crippen LogP contribution in [0.25, 0.3) is 0 Å². The van der Waals surface area contributed by atoms with E-state index in [9.17, 15) is 9.59 Å². The average molecular weight is 455 g/mol. The first-order valence-corrected chi connectivity index (χ1v) is 11.3. The number of ether oxygens (including phenoxy) is 3. The molecule has 0 spiro atoms. The van der Waals surface area contributed by atoms with Crippen molar-refractivity contribution >= 4 is 11.8 Å². The molecule has 0 saturated carbocycles. The monoisotopic (exact) mass is 454 g/mol. The van der Waals surface area contributed by atoms with Crippen LogP contribution in [0.5, 0.6) is 17.2 Å². The topological polar surface area (TPSA) is 77.1 Å². The molecule has 0 aliphatic carbocycles. The predicted octanol–water partition coefficient (Wildman–Crippen LogP) is 3.27. The third-order valence-electron chi connectivity index (χ3n) is 6.01. The first kappa shape index (κ1) is 24.4. The number of hydrogen-bond donors (Lipinski definition) is 1. The van der Waals surface area contributed by atoms with Crippen molar-refractivity contribution in [2.24, 2.45) is 11.8 Å². The number of benzene rings is 2. The van der Waals surface area contributed by atoms with Gasteiger partial charge in [0.1, 0.15) is 0 Å². The summed E-state index contributed by atoms with van der Waals surface area (Å²) in [5.41, 5.74) is 1.84. The molecular formula is C26H34N2O5. The molecule has 178 valence electrons. The third kappa shape index (κ3) is 5.78. The maximum absolute atomic E-state index is 13.2. The lowest BCUT2D eigenvalue weighted by Gasteiger charge is -2.21. The van der Waals surface area contributed by atoms with Crippen molar-refractivity contribution in [3.05, 3.63) is 53.6 Å². The molecule has 2 aromatic carbocycles. The number of likely N-dealkylation sites (tertiary alicyclic amines) is 1. The molecule has 33 heavy (non-hydrogen) atoms. The standard InChI is InChI=1S/C26H34N2O5/c1-17(2)14-27-26(30)21-16-28(24(29)11-18-9-7-6-8-10-18)15-20(21)19-12-22(31-3)25(33-5)23(13-19)32-4/h6-10,12-13,17,20-21H,11,14-16H2,1-5H3,(H,27,30)/t20-,21+/m1/s1. The Morgan fingerprint density at radius 1 is 1.00 bits per heavy atom. The Morgan fingerprint density at radius 3 is 2.18 bits per heavy atom. The first-order valence-electron chi connectivity index (χ1n) is 11.3. The smallest absolute Gasteiger partial charge is 0.227 e. The number of hydrogen-bond acceptors (Lipinski definition) is 5. The zero-order chi connectivity index (χ0) is 24.0. The van der Waals surface area contributed by atoms with Crippen molar-refractivity contribution in [3.8, 4) is 17.2 Å². The highest BCUT2D eigenvalue weighted by atomic mass is 16.5. The summed E-state index contributed by atoms with van der Waals surface area (Å²) in [5, 5.41) is 3.05. The fraction of sp³-hybridized carbons (Fsp3) is 0.462. The number of carbonyl (C=O) groups excluding carboxylic acids is 2. The molecule has 0 bridgehead atoms. The molecule has 7 nitrogen and oxygen atoms in total. The van der Waals surface area contributed by atoms with Gasteiger partial charge in [-0.25, -0.2) is 0 Å². The molecule has 3 rings (SSSR count). The van der Waals surface area contributed by atoms with Gasteiger partial charge in [0.25, 0.3) is 0 Å². The van der Waals surface area contributed by atoms with Crippen LogP contribution < -0.4 is 19.5 Å². The Morgan fingerprint density at radius 2 is 1.64 bits per heavy atom. The summed E-state index contributed by atoms with van der Waals surface area (Å²) in [6, 6.07) is 13.4. The Kier molecular flexibility index (Phi) is 8.20. The largest absolute Gasteiger partial charge is 0.493 e. The molecule has 1 N–H and O–H groups in total. The lowest BCUT2D eigenvalue weighted by atomic mass is 9.87. The number of methoxy groups -OCH3 is 3. The van der Waals surface area contributed by atoms with Crippen molar-refractivity contribution in [1.82, 2.24) is 10.2 Å². The second-order valence-electron chi connectivity index (χ2n) is 8.77. The molecule has 7 heteroatoms. The second-order valence-corrected chi connectivity index (χ2v) is 8.77. The zero-order valence-electron chi connectivity index (χ0n) is 20.1. The van der Waals surface area contributed by atoms with E-state index >= 15 is 0 Å². The number of rotatable bonds is 9. The zero-order valence-corrected chi connectivity index (χ0v) is 20.1. The summed E-state index contributed by atoms with van der Waals surface area (Å²) in [5.74, 6) is 1.31. The van der Waals surface area contributed by atoms with Crippen molar-refractivity contribution in [3.63, 3.8) is 0 Å². The SMILES string of the molecule is COc1cc([C@H]2CN(C(=O)Cc3ccccc3)C[C@@H]2C(=O)NCC(C)C)cc(OC)c1OC. The number of carbonyl (C=O) groups is 2. The molecule has 0 radical (unpaired) electrons. The predicted molar refractivity (Wildman–Crippen MR) is 127 cm³/mol. The van der Waals surface area contributed by atoms with Crippen molar-refractivity contribution in [2.45, 2.75) is 26.2 Å². The Labute approximate surface area is 196 Å². The van der Waals surface area contributed by atoms with Crippen molar-refractivity contribution in [1.29, 1.82) is 0 Å². The van der Waals surface area contributed by atoms with E-state index in [2.05, 4.69) is 19.2 Å². The maximum atomic E-state index is 13.2. The van der Waals surface area contributed by atoms with E-state index in [4.69, 9.17) is 14.2 Å². The van der Waals surface area contributed by atoms with Crippen LogP contribution in [0.2, 0.25) is 0 Å². The van der Waals surface area contributed by atoms with Gasteiger partial charge in [-0.2, -0.15) is 0 Å². The van der Waals surface area contributed by atoms with Crippen LogP contribution in [0.4, 0.5) is 0 Å². The van der Waals surface area contributed by atoms with E-state index in [0.29, 0.717) is 49.2 Å². The summed E-state index contributed by atoms with van der Waals surface area (Å²) in [7, 11) is 4.69. The van der Waals surface area contributed by atoms with Crippen LogP contribution in [-0.4, -0.2) is 57.7 Å². The van der Waals surface area contributed by atoms with Gasteiger partial charge < -0.3 is 24.4 Å². The van der Waals surface area contributed by atoms with Gasteiger partial charge in [-0.3, -0.25) is 9.59 Å². The molecule has 2 amide bonds. The van der Waals surface area contributed by atoms with Crippen LogP contribution in [0.1, 0.15) is 30.9 Å². The van der Waals surface area contributed by atoms with Gasteiger partial charge in [0, 0.05) is 25.6 Å². The van der Waals surface area contributed by atoms with Gasteiger partial charge in [-0.1, -0.05) is 44.2 Å². The first-order chi connectivity index (χ1) is 15.9.